The van der Waals surface area contributed by atoms with E-state index in [1.165, 1.54) is 0 Å². The van der Waals surface area contributed by atoms with E-state index in [9.17, 15) is 4.79 Å². The molecule has 0 unspecified atom stereocenters. The van der Waals surface area contributed by atoms with Crippen molar-refractivity contribution in [2.45, 2.75) is 12.8 Å². The molecule has 0 aliphatic heterocycles. The third-order valence-corrected chi connectivity index (χ3v) is 2.47. The van der Waals surface area contributed by atoms with Crippen molar-refractivity contribution in [1.82, 2.24) is 10.2 Å². The van der Waals surface area contributed by atoms with E-state index in [1.807, 2.05) is 18.3 Å². The number of benzene rings is 1. The van der Waals surface area contributed by atoms with Crippen molar-refractivity contribution in [3.8, 4) is 16.9 Å². The molecule has 0 fully saturated rings. The van der Waals surface area contributed by atoms with Gasteiger partial charge in [0.15, 0.2) is 0 Å². The van der Waals surface area contributed by atoms with Crippen LogP contribution in [0.25, 0.3) is 11.1 Å². The first-order valence-electron chi connectivity index (χ1n) is 5.70. The fourth-order valence-electron chi connectivity index (χ4n) is 1.53. The van der Waals surface area contributed by atoms with Gasteiger partial charge in [0, 0.05) is 18.2 Å². The summed E-state index contributed by atoms with van der Waals surface area (Å²) >= 11 is 0. The minimum atomic E-state index is -0.244. The molecular formula is C14H14N2O2. The van der Waals surface area contributed by atoms with Crippen LogP contribution in [0.3, 0.4) is 0 Å². The largest absolute Gasteiger partial charge is 0.427 e. The third kappa shape index (κ3) is 3.07. The molecule has 0 aliphatic carbocycles. The van der Waals surface area contributed by atoms with Crippen molar-refractivity contribution < 1.29 is 9.53 Å². The lowest BCUT2D eigenvalue weighted by Crippen LogP contribution is -2.06. The number of rotatable bonds is 5. The Labute approximate surface area is 105 Å². The van der Waals surface area contributed by atoms with Gasteiger partial charge in [-0.05, 0) is 24.1 Å². The number of carbonyl (C=O) groups is 1. The molecule has 1 aromatic carbocycles. The number of allylic oxidation sites excluding steroid dienone is 1. The van der Waals surface area contributed by atoms with Crippen LogP contribution in [0.2, 0.25) is 0 Å². The number of nitrogens with one attached hydrogen (secondary N) is 1. The molecule has 1 N–H and O–H groups in total. The number of H-pyrrole nitrogens is 1. The summed E-state index contributed by atoms with van der Waals surface area (Å²) in [5, 5.41) is 6.64. The molecule has 0 spiro atoms. The third-order valence-electron chi connectivity index (χ3n) is 2.47. The van der Waals surface area contributed by atoms with Gasteiger partial charge in [0.2, 0.25) is 0 Å². The summed E-state index contributed by atoms with van der Waals surface area (Å²) in [4.78, 5) is 11.4. The Morgan fingerprint density at radius 2 is 2.11 bits per heavy atom. The van der Waals surface area contributed by atoms with Crippen molar-refractivity contribution in [2.24, 2.45) is 0 Å². The van der Waals surface area contributed by atoms with E-state index >= 15 is 0 Å². The van der Waals surface area contributed by atoms with Gasteiger partial charge in [0.1, 0.15) is 5.75 Å². The van der Waals surface area contributed by atoms with Crippen LogP contribution in [0.4, 0.5) is 0 Å². The van der Waals surface area contributed by atoms with Crippen molar-refractivity contribution in [3.05, 3.63) is 49.3 Å². The van der Waals surface area contributed by atoms with Crippen LogP contribution < -0.4 is 4.74 Å². The van der Waals surface area contributed by atoms with Crippen molar-refractivity contribution in [2.75, 3.05) is 0 Å². The normalized spacial score (nSPS) is 10.0. The van der Waals surface area contributed by atoms with Crippen molar-refractivity contribution in [3.63, 3.8) is 0 Å². The molecule has 0 saturated carbocycles. The van der Waals surface area contributed by atoms with Crippen LogP contribution >= 0.6 is 0 Å². The van der Waals surface area contributed by atoms with E-state index in [1.54, 1.807) is 24.4 Å². The van der Waals surface area contributed by atoms with Crippen LogP contribution in [0.15, 0.2) is 49.3 Å². The number of esters is 1. The van der Waals surface area contributed by atoms with Gasteiger partial charge in [0.25, 0.3) is 0 Å². The van der Waals surface area contributed by atoms with Crippen LogP contribution in [0, 0.1) is 0 Å². The van der Waals surface area contributed by atoms with E-state index in [4.69, 9.17) is 4.74 Å². The number of aromatic nitrogens is 2. The fraction of sp³-hybridized carbons (Fsp3) is 0.143. The highest BCUT2D eigenvalue weighted by Gasteiger charge is 2.04. The van der Waals surface area contributed by atoms with E-state index < -0.39 is 0 Å². The topological polar surface area (TPSA) is 55.0 Å². The summed E-state index contributed by atoms with van der Waals surface area (Å²) in [5.41, 5.74) is 2.02. The van der Waals surface area contributed by atoms with E-state index in [0.717, 1.165) is 11.1 Å². The van der Waals surface area contributed by atoms with Crippen molar-refractivity contribution >= 4 is 5.97 Å². The number of aromatic amines is 1. The Kier molecular flexibility index (Phi) is 3.91. The van der Waals surface area contributed by atoms with Crippen molar-refractivity contribution in [1.29, 1.82) is 0 Å². The molecule has 0 aliphatic rings. The van der Waals surface area contributed by atoms with Crippen LogP contribution in [-0.2, 0) is 4.79 Å². The Hall–Kier alpha value is -2.36. The lowest BCUT2D eigenvalue weighted by molar-refractivity contribution is -0.134. The van der Waals surface area contributed by atoms with Crippen LogP contribution in [0.1, 0.15) is 12.8 Å². The number of hydrogen-bond acceptors (Lipinski definition) is 3. The fourth-order valence-corrected chi connectivity index (χ4v) is 1.53. The van der Waals surface area contributed by atoms with Gasteiger partial charge in [-0.3, -0.25) is 9.89 Å². The zero-order valence-electron chi connectivity index (χ0n) is 9.93. The molecule has 1 aromatic heterocycles. The predicted molar refractivity (Wildman–Crippen MR) is 69.1 cm³/mol. The molecule has 18 heavy (non-hydrogen) atoms. The Balaban J connectivity index is 2.00. The molecule has 0 saturated heterocycles. The molecule has 2 aromatic rings. The maximum absolute atomic E-state index is 11.4. The minimum Gasteiger partial charge on any atom is -0.427 e. The van der Waals surface area contributed by atoms with E-state index in [-0.39, 0.29) is 5.97 Å². The zero-order chi connectivity index (χ0) is 12.8. The van der Waals surface area contributed by atoms with Gasteiger partial charge in [-0.15, -0.1) is 6.58 Å². The summed E-state index contributed by atoms with van der Waals surface area (Å²) in [6.07, 6.45) is 6.23. The smallest absolute Gasteiger partial charge is 0.311 e. The molecule has 0 amide bonds. The molecule has 4 heteroatoms. The lowest BCUT2D eigenvalue weighted by Gasteiger charge is -2.04. The van der Waals surface area contributed by atoms with Gasteiger partial charge in [0.05, 0.1) is 6.20 Å². The molecule has 0 radical (unpaired) electrons. The molecule has 0 bridgehead atoms. The molecular weight excluding hydrogens is 228 g/mol. The quantitative estimate of drug-likeness (QED) is 0.498. The second-order valence-electron chi connectivity index (χ2n) is 3.81. The Morgan fingerprint density at radius 3 is 2.72 bits per heavy atom. The molecule has 0 atom stereocenters. The summed E-state index contributed by atoms with van der Waals surface area (Å²) in [6.45, 7) is 3.56. The monoisotopic (exact) mass is 242 g/mol. The number of hydrogen-bond donors (Lipinski definition) is 1. The lowest BCUT2D eigenvalue weighted by atomic mass is 10.1. The highest BCUT2D eigenvalue weighted by atomic mass is 16.5. The average Bonchev–Trinajstić information content (AvgIpc) is 2.91. The number of nitrogens with zero attached hydrogens (tertiary/aromatic N) is 1. The minimum absolute atomic E-state index is 0.244. The zero-order valence-corrected chi connectivity index (χ0v) is 9.93. The highest BCUT2D eigenvalue weighted by molar-refractivity contribution is 5.73. The first-order valence-corrected chi connectivity index (χ1v) is 5.70. The molecule has 4 nitrogen and oxygen atoms in total. The Morgan fingerprint density at radius 1 is 1.33 bits per heavy atom. The van der Waals surface area contributed by atoms with Crippen LogP contribution in [0.5, 0.6) is 5.75 Å². The Bertz CT molecular complexity index is 515. The summed E-state index contributed by atoms with van der Waals surface area (Å²) in [5.74, 6) is 0.308. The summed E-state index contributed by atoms with van der Waals surface area (Å²) in [6, 6.07) is 7.32. The maximum atomic E-state index is 11.4. The number of ether oxygens (including phenoxy) is 1. The van der Waals surface area contributed by atoms with Gasteiger partial charge in [-0.2, -0.15) is 5.10 Å². The van der Waals surface area contributed by atoms with Gasteiger partial charge < -0.3 is 4.74 Å². The summed E-state index contributed by atoms with van der Waals surface area (Å²) in [7, 11) is 0. The second kappa shape index (κ2) is 5.82. The molecule has 1 heterocycles. The first-order chi connectivity index (χ1) is 8.79. The van der Waals surface area contributed by atoms with E-state index in [2.05, 4.69) is 16.8 Å². The molecule has 92 valence electrons. The second-order valence-corrected chi connectivity index (χ2v) is 3.81. The standard InChI is InChI=1S/C14H14N2O2/c1-2-3-4-14(17)18-13-7-5-11(6-8-13)12-9-15-16-10-12/h2,5-10H,1,3-4H2,(H,15,16). The SMILES string of the molecule is C=CCCC(=O)Oc1ccc(-c2cn[nH]c2)cc1. The highest BCUT2D eigenvalue weighted by Crippen LogP contribution is 2.21. The van der Waals surface area contributed by atoms with Crippen LogP contribution in [-0.4, -0.2) is 16.2 Å². The van der Waals surface area contributed by atoms with E-state index in [0.29, 0.717) is 18.6 Å². The molecule has 2 rings (SSSR count). The number of carbonyl (C=O) groups excluding carboxylic acids is 1. The van der Waals surface area contributed by atoms with Gasteiger partial charge in [-0.1, -0.05) is 18.2 Å². The summed E-state index contributed by atoms with van der Waals surface area (Å²) < 4.78 is 5.18. The predicted octanol–water partition coefficient (Wildman–Crippen LogP) is 2.95. The first kappa shape index (κ1) is 12.1. The average molecular weight is 242 g/mol. The van der Waals surface area contributed by atoms with Gasteiger partial charge >= 0.3 is 5.97 Å². The maximum Gasteiger partial charge on any atom is 0.311 e. The van der Waals surface area contributed by atoms with Gasteiger partial charge in [-0.25, -0.2) is 0 Å².